The highest BCUT2D eigenvalue weighted by Gasteiger charge is 2.51. The van der Waals surface area contributed by atoms with Gasteiger partial charge in [0.1, 0.15) is 0 Å². The summed E-state index contributed by atoms with van der Waals surface area (Å²) in [6.07, 6.45) is -4.08. The molecule has 0 aromatic heterocycles. The number of amides is 1. The van der Waals surface area contributed by atoms with Crippen LogP contribution in [0.3, 0.4) is 0 Å². The molecule has 0 saturated carbocycles. The quantitative estimate of drug-likeness (QED) is 0.529. The van der Waals surface area contributed by atoms with Crippen LogP contribution in [0.4, 0.5) is 17.6 Å². The molecule has 0 bridgehead atoms. The summed E-state index contributed by atoms with van der Waals surface area (Å²) in [6, 6.07) is 0. The van der Waals surface area contributed by atoms with E-state index in [1.807, 2.05) is 0 Å². The fourth-order valence-electron chi connectivity index (χ4n) is 1.22. The molecule has 18 heavy (non-hydrogen) atoms. The van der Waals surface area contributed by atoms with Gasteiger partial charge in [0.2, 0.25) is 0 Å². The number of halogens is 5. The van der Waals surface area contributed by atoms with Crippen LogP contribution in [0, 0.1) is 5.92 Å². The van der Waals surface area contributed by atoms with Crippen molar-refractivity contribution in [3.63, 3.8) is 0 Å². The zero-order valence-electron chi connectivity index (χ0n) is 9.93. The first-order valence-corrected chi connectivity index (χ1v) is 6.28. The highest BCUT2D eigenvalue weighted by Crippen LogP contribution is 2.25. The van der Waals surface area contributed by atoms with E-state index in [9.17, 15) is 27.2 Å². The maximum absolute atomic E-state index is 12.9. The van der Waals surface area contributed by atoms with Gasteiger partial charge in [-0.15, -0.1) is 0 Å². The van der Waals surface area contributed by atoms with Crippen LogP contribution in [0.25, 0.3) is 0 Å². The number of hydrogen-bond acceptors (Lipinski definition) is 2. The normalized spacial score (nSPS) is 12.1. The number of carbonyl (C=O) groups excluding carboxylic acids is 2. The summed E-state index contributed by atoms with van der Waals surface area (Å²) >= 11 is 2.81. The van der Waals surface area contributed by atoms with Crippen LogP contribution in [-0.2, 0) is 9.59 Å². The summed E-state index contributed by atoms with van der Waals surface area (Å²) in [5.74, 6) is -7.53. The predicted molar refractivity (Wildman–Crippen MR) is 61.2 cm³/mol. The van der Waals surface area contributed by atoms with Crippen LogP contribution < -0.4 is 0 Å². The lowest BCUT2D eigenvalue weighted by atomic mass is 10.1. The largest absolute Gasteiger partial charge is 0.383 e. The van der Waals surface area contributed by atoms with Gasteiger partial charge in [0.05, 0.1) is 11.9 Å². The molecule has 0 aromatic carbocycles. The Morgan fingerprint density at radius 3 is 2.11 bits per heavy atom. The number of ketones is 1. The predicted octanol–water partition coefficient (Wildman–Crippen LogP) is 2.34. The van der Waals surface area contributed by atoms with Gasteiger partial charge in [-0.2, -0.15) is 8.78 Å². The zero-order valence-corrected chi connectivity index (χ0v) is 11.5. The average Bonchev–Trinajstić information content (AvgIpc) is 2.25. The molecule has 0 heterocycles. The highest BCUT2D eigenvalue weighted by molar-refractivity contribution is 9.09. The van der Waals surface area contributed by atoms with Crippen molar-refractivity contribution >= 4 is 27.6 Å². The van der Waals surface area contributed by atoms with Gasteiger partial charge in [0.25, 0.3) is 5.91 Å². The van der Waals surface area contributed by atoms with Crippen molar-refractivity contribution < 1.29 is 27.2 Å². The molecule has 0 rings (SSSR count). The Morgan fingerprint density at radius 1 is 1.28 bits per heavy atom. The van der Waals surface area contributed by atoms with Crippen molar-refractivity contribution in [3.05, 3.63) is 0 Å². The molecule has 3 nitrogen and oxygen atoms in total. The molecule has 0 aromatic rings. The van der Waals surface area contributed by atoms with E-state index in [-0.39, 0.29) is 17.8 Å². The molecule has 0 aliphatic rings. The Hall–Kier alpha value is -0.660. The van der Waals surface area contributed by atoms with Gasteiger partial charge in [0, 0.05) is 6.54 Å². The summed E-state index contributed by atoms with van der Waals surface area (Å²) in [4.78, 5) is 22.9. The van der Waals surface area contributed by atoms with Crippen LogP contribution in [-0.4, -0.2) is 47.4 Å². The molecule has 0 unspecified atom stereocenters. The van der Waals surface area contributed by atoms with Gasteiger partial charge >= 0.3 is 12.3 Å². The van der Waals surface area contributed by atoms with Crippen molar-refractivity contribution in [2.45, 2.75) is 26.2 Å². The van der Waals surface area contributed by atoms with E-state index >= 15 is 0 Å². The molecule has 0 fully saturated rings. The number of hydrogen-bond donors (Lipinski definition) is 0. The third-order valence-electron chi connectivity index (χ3n) is 1.95. The summed E-state index contributed by atoms with van der Waals surface area (Å²) in [7, 11) is 0. The third kappa shape index (κ3) is 4.91. The van der Waals surface area contributed by atoms with E-state index in [0.29, 0.717) is 4.90 Å². The van der Waals surface area contributed by atoms with Crippen LogP contribution in [0.1, 0.15) is 13.8 Å². The highest BCUT2D eigenvalue weighted by atomic mass is 79.9. The minimum Gasteiger partial charge on any atom is -0.330 e. The van der Waals surface area contributed by atoms with E-state index in [2.05, 4.69) is 15.9 Å². The molecular formula is C10H14BrF4NO2. The van der Waals surface area contributed by atoms with Crippen molar-refractivity contribution in [2.24, 2.45) is 5.92 Å². The van der Waals surface area contributed by atoms with Gasteiger partial charge in [-0.1, -0.05) is 29.8 Å². The lowest BCUT2D eigenvalue weighted by molar-refractivity contribution is -0.181. The molecule has 8 heteroatoms. The van der Waals surface area contributed by atoms with Crippen molar-refractivity contribution in [1.82, 2.24) is 4.90 Å². The van der Waals surface area contributed by atoms with Gasteiger partial charge in [-0.05, 0) is 5.92 Å². The Balaban J connectivity index is 4.95. The maximum Gasteiger partial charge on any atom is 0.383 e. The van der Waals surface area contributed by atoms with E-state index < -0.39 is 30.6 Å². The number of alkyl halides is 5. The van der Waals surface area contributed by atoms with Crippen molar-refractivity contribution in [2.75, 3.05) is 18.4 Å². The van der Waals surface area contributed by atoms with Gasteiger partial charge in [0.15, 0.2) is 5.78 Å². The van der Waals surface area contributed by atoms with Crippen molar-refractivity contribution in [1.29, 1.82) is 0 Å². The fourth-order valence-corrected chi connectivity index (χ4v) is 1.40. The SMILES string of the molecule is CC(C)CN(CC(=O)CBr)C(=O)C(F)(F)C(F)F. The first kappa shape index (κ1) is 17.3. The van der Waals surface area contributed by atoms with Crippen LogP contribution in [0.2, 0.25) is 0 Å². The molecular weight excluding hydrogens is 322 g/mol. The molecule has 1 amide bonds. The zero-order chi connectivity index (χ0) is 14.5. The number of Topliss-reactive ketones (excluding diaryl/α,β-unsaturated/α-hetero) is 1. The monoisotopic (exact) mass is 335 g/mol. The molecule has 0 atom stereocenters. The smallest absolute Gasteiger partial charge is 0.330 e. The summed E-state index contributed by atoms with van der Waals surface area (Å²) in [5, 5.41) is -0.130. The average molecular weight is 336 g/mol. The molecule has 106 valence electrons. The molecule has 0 radical (unpaired) electrons. The molecule has 0 aliphatic heterocycles. The number of nitrogens with zero attached hydrogens (tertiary/aromatic N) is 1. The Morgan fingerprint density at radius 2 is 1.78 bits per heavy atom. The number of rotatable bonds is 7. The summed E-state index contributed by atoms with van der Waals surface area (Å²) in [5.41, 5.74) is 0. The first-order valence-electron chi connectivity index (χ1n) is 5.15. The lowest BCUT2D eigenvalue weighted by Crippen LogP contribution is -2.50. The summed E-state index contributed by atoms with van der Waals surface area (Å²) < 4.78 is 50.0. The second-order valence-corrected chi connectivity index (χ2v) is 4.74. The Kier molecular flexibility index (Phi) is 6.80. The van der Waals surface area contributed by atoms with E-state index in [1.165, 1.54) is 0 Å². The van der Waals surface area contributed by atoms with Gasteiger partial charge in [-0.25, -0.2) is 8.78 Å². The molecule has 0 aliphatic carbocycles. The van der Waals surface area contributed by atoms with E-state index in [0.717, 1.165) is 0 Å². The van der Waals surface area contributed by atoms with Gasteiger partial charge in [-0.3, -0.25) is 9.59 Å². The first-order chi connectivity index (χ1) is 8.12. The van der Waals surface area contributed by atoms with E-state index in [4.69, 9.17) is 0 Å². The standard InChI is InChI=1S/C10H14BrF4NO2/c1-6(2)4-16(5-7(17)3-11)9(18)10(14,15)8(12)13/h6,8H,3-5H2,1-2H3. The fraction of sp³-hybridized carbons (Fsp3) is 0.800. The molecule has 0 saturated heterocycles. The van der Waals surface area contributed by atoms with Crippen molar-refractivity contribution in [3.8, 4) is 0 Å². The second kappa shape index (κ2) is 7.06. The lowest BCUT2D eigenvalue weighted by Gasteiger charge is -2.27. The minimum atomic E-state index is -4.76. The van der Waals surface area contributed by atoms with E-state index in [1.54, 1.807) is 13.8 Å². The van der Waals surface area contributed by atoms with Gasteiger partial charge < -0.3 is 4.90 Å². The minimum absolute atomic E-state index is 0.130. The Bertz CT molecular complexity index is 310. The maximum atomic E-state index is 12.9. The molecule has 0 N–H and O–H groups in total. The molecule has 0 spiro atoms. The summed E-state index contributed by atoms with van der Waals surface area (Å²) in [6.45, 7) is 2.46. The number of carbonyl (C=O) groups is 2. The third-order valence-corrected chi connectivity index (χ3v) is 2.57. The Labute approximate surface area is 111 Å². The van der Waals surface area contributed by atoms with Crippen LogP contribution >= 0.6 is 15.9 Å². The second-order valence-electron chi connectivity index (χ2n) is 4.18. The van der Waals surface area contributed by atoms with Crippen LogP contribution in [0.15, 0.2) is 0 Å². The van der Waals surface area contributed by atoms with Crippen LogP contribution in [0.5, 0.6) is 0 Å². The topological polar surface area (TPSA) is 37.4 Å².